The van der Waals surface area contributed by atoms with Gasteiger partial charge in [-0.25, -0.2) is 14.2 Å². The number of rotatable bonds is 4. The molecule has 0 spiro atoms. The SMILES string of the molecule is COc1cc(C(F)=C(C)C(=O)O)ccc1-n1cnc(C)c1. The molecule has 6 heteroatoms. The molecule has 2 rings (SSSR count). The van der Waals surface area contributed by atoms with Crippen molar-refractivity contribution in [2.75, 3.05) is 7.11 Å². The maximum Gasteiger partial charge on any atom is 0.334 e. The van der Waals surface area contributed by atoms with E-state index < -0.39 is 11.8 Å². The fraction of sp³-hybridized carbons (Fsp3) is 0.200. The van der Waals surface area contributed by atoms with E-state index >= 15 is 0 Å². The summed E-state index contributed by atoms with van der Waals surface area (Å²) in [4.78, 5) is 14.9. The van der Waals surface area contributed by atoms with E-state index in [9.17, 15) is 9.18 Å². The molecule has 0 saturated heterocycles. The van der Waals surface area contributed by atoms with E-state index in [1.807, 2.05) is 13.1 Å². The van der Waals surface area contributed by atoms with Crippen LogP contribution in [0.5, 0.6) is 5.75 Å². The molecule has 1 aromatic carbocycles. The third kappa shape index (κ3) is 2.94. The Morgan fingerprint density at radius 1 is 1.43 bits per heavy atom. The lowest BCUT2D eigenvalue weighted by atomic mass is 10.1. The van der Waals surface area contributed by atoms with Crippen LogP contribution in [0.3, 0.4) is 0 Å². The minimum absolute atomic E-state index is 0.160. The lowest BCUT2D eigenvalue weighted by Gasteiger charge is -2.11. The van der Waals surface area contributed by atoms with Crippen molar-refractivity contribution in [2.45, 2.75) is 13.8 Å². The number of carbonyl (C=O) groups is 1. The van der Waals surface area contributed by atoms with Crippen molar-refractivity contribution in [2.24, 2.45) is 0 Å². The van der Waals surface area contributed by atoms with Crippen LogP contribution in [0.15, 0.2) is 36.3 Å². The van der Waals surface area contributed by atoms with Gasteiger partial charge in [-0.2, -0.15) is 0 Å². The molecule has 5 nitrogen and oxygen atoms in total. The van der Waals surface area contributed by atoms with Gasteiger partial charge < -0.3 is 14.4 Å². The van der Waals surface area contributed by atoms with Crippen LogP contribution < -0.4 is 4.74 Å². The number of aryl methyl sites for hydroxylation is 1. The first kappa shape index (κ1) is 14.8. The monoisotopic (exact) mass is 290 g/mol. The van der Waals surface area contributed by atoms with E-state index in [0.29, 0.717) is 11.4 Å². The highest BCUT2D eigenvalue weighted by atomic mass is 19.1. The lowest BCUT2D eigenvalue weighted by Crippen LogP contribution is -2.00. The molecular weight excluding hydrogens is 275 g/mol. The van der Waals surface area contributed by atoms with Gasteiger partial charge in [0, 0.05) is 11.8 Å². The highest BCUT2D eigenvalue weighted by molar-refractivity contribution is 5.94. The number of imidazole rings is 1. The largest absolute Gasteiger partial charge is 0.495 e. The summed E-state index contributed by atoms with van der Waals surface area (Å²) in [6.45, 7) is 3.08. The van der Waals surface area contributed by atoms with Crippen LogP contribution in [0.25, 0.3) is 11.5 Å². The second-order valence-electron chi connectivity index (χ2n) is 4.55. The normalized spacial score (nSPS) is 12.0. The first-order valence-electron chi connectivity index (χ1n) is 6.23. The number of carboxylic acids is 1. The van der Waals surface area contributed by atoms with Crippen molar-refractivity contribution >= 4 is 11.8 Å². The number of nitrogens with zero attached hydrogens (tertiary/aromatic N) is 2. The van der Waals surface area contributed by atoms with Gasteiger partial charge in [0.2, 0.25) is 0 Å². The molecule has 1 heterocycles. The first-order valence-corrected chi connectivity index (χ1v) is 6.23. The van der Waals surface area contributed by atoms with Crippen LogP contribution in [-0.2, 0) is 4.79 Å². The van der Waals surface area contributed by atoms with Crippen molar-refractivity contribution in [3.8, 4) is 11.4 Å². The lowest BCUT2D eigenvalue weighted by molar-refractivity contribution is -0.132. The zero-order chi connectivity index (χ0) is 15.6. The predicted octanol–water partition coefficient (Wildman–Crippen LogP) is 2.97. The maximum atomic E-state index is 14.1. The quantitative estimate of drug-likeness (QED) is 0.879. The Kier molecular flexibility index (Phi) is 4.07. The van der Waals surface area contributed by atoms with Gasteiger partial charge in [-0.15, -0.1) is 0 Å². The molecule has 21 heavy (non-hydrogen) atoms. The van der Waals surface area contributed by atoms with Crippen LogP contribution >= 0.6 is 0 Å². The topological polar surface area (TPSA) is 64.3 Å². The summed E-state index contributed by atoms with van der Waals surface area (Å²) in [6.07, 6.45) is 3.44. The number of carboxylic acid groups (broad SMARTS) is 1. The Labute approximate surface area is 121 Å². The number of benzene rings is 1. The maximum absolute atomic E-state index is 14.1. The van der Waals surface area contributed by atoms with E-state index in [1.54, 1.807) is 17.0 Å². The Hall–Kier alpha value is -2.63. The molecule has 110 valence electrons. The molecule has 1 aromatic heterocycles. The number of methoxy groups -OCH3 is 1. The van der Waals surface area contributed by atoms with Crippen LogP contribution in [0, 0.1) is 6.92 Å². The summed E-state index contributed by atoms with van der Waals surface area (Å²) < 4.78 is 21.1. The van der Waals surface area contributed by atoms with Gasteiger partial charge in [0.15, 0.2) is 0 Å². The molecule has 0 aliphatic carbocycles. The van der Waals surface area contributed by atoms with Crippen molar-refractivity contribution in [3.63, 3.8) is 0 Å². The number of aromatic nitrogens is 2. The Bertz CT molecular complexity index is 719. The fourth-order valence-electron chi connectivity index (χ4n) is 1.89. The van der Waals surface area contributed by atoms with E-state index in [2.05, 4.69) is 4.98 Å². The summed E-state index contributed by atoms with van der Waals surface area (Å²) in [5.41, 5.74) is 1.35. The van der Waals surface area contributed by atoms with Gasteiger partial charge in [-0.3, -0.25) is 0 Å². The number of halogens is 1. The molecule has 0 aliphatic heterocycles. The van der Waals surface area contributed by atoms with Gasteiger partial charge in [0.1, 0.15) is 11.6 Å². The van der Waals surface area contributed by atoms with E-state index in [-0.39, 0.29) is 11.1 Å². The Balaban J connectivity index is 2.51. The molecule has 0 atom stereocenters. The van der Waals surface area contributed by atoms with Crippen molar-refractivity contribution in [1.29, 1.82) is 0 Å². The molecule has 0 aliphatic rings. The number of hydrogen-bond donors (Lipinski definition) is 1. The van der Waals surface area contributed by atoms with Crippen molar-refractivity contribution in [1.82, 2.24) is 9.55 Å². The molecule has 0 unspecified atom stereocenters. The van der Waals surface area contributed by atoms with Crippen LogP contribution in [0.1, 0.15) is 18.2 Å². The summed E-state index contributed by atoms with van der Waals surface area (Å²) in [7, 11) is 1.47. The highest BCUT2D eigenvalue weighted by Crippen LogP contribution is 2.29. The van der Waals surface area contributed by atoms with Gasteiger partial charge >= 0.3 is 5.97 Å². The van der Waals surface area contributed by atoms with Gasteiger partial charge in [0.05, 0.1) is 30.4 Å². The molecule has 0 saturated carbocycles. The minimum Gasteiger partial charge on any atom is -0.495 e. The Morgan fingerprint density at radius 3 is 2.67 bits per heavy atom. The molecular formula is C15H15FN2O3. The number of hydrogen-bond acceptors (Lipinski definition) is 3. The van der Waals surface area contributed by atoms with Gasteiger partial charge in [-0.1, -0.05) is 0 Å². The van der Waals surface area contributed by atoms with E-state index in [1.165, 1.54) is 26.2 Å². The Morgan fingerprint density at radius 2 is 2.14 bits per heavy atom. The summed E-state index contributed by atoms with van der Waals surface area (Å²) in [5, 5.41) is 8.83. The van der Waals surface area contributed by atoms with Crippen LogP contribution in [-0.4, -0.2) is 27.7 Å². The van der Waals surface area contributed by atoms with E-state index in [4.69, 9.17) is 9.84 Å². The summed E-state index contributed by atoms with van der Waals surface area (Å²) >= 11 is 0. The molecule has 2 aromatic rings. The van der Waals surface area contributed by atoms with Crippen LogP contribution in [0.4, 0.5) is 4.39 Å². The number of ether oxygens (including phenoxy) is 1. The minimum atomic E-state index is -1.29. The first-order chi connectivity index (χ1) is 9.93. The van der Waals surface area contributed by atoms with Gasteiger partial charge in [0.25, 0.3) is 0 Å². The standard InChI is InChI=1S/C15H15FN2O3/c1-9-7-18(8-17-9)12-5-4-11(6-13(12)21-3)14(16)10(2)15(19)20/h4-8H,1-3H3,(H,19,20). The number of aliphatic carboxylic acids is 1. The average Bonchev–Trinajstić information content (AvgIpc) is 2.91. The molecule has 0 amide bonds. The third-order valence-electron chi connectivity index (χ3n) is 3.07. The van der Waals surface area contributed by atoms with E-state index in [0.717, 1.165) is 5.69 Å². The highest BCUT2D eigenvalue weighted by Gasteiger charge is 2.14. The zero-order valence-corrected chi connectivity index (χ0v) is 11.9. The summed E-state index contributed by atoms with van der Waals surface area (Å²) in [6, 6.07) is 4.63. The molecule has 0 fully saturated rings. The fourth-order valence-corrected chi connectivity index (χ4v) is 1.89. The third-order valence-corrected chi connectivity index (χ3v) is 3.07. The average molecular weight is 290 g/mol. The van der Waals surface area contributed by atoms with Crippen LogP contribution in [0.2, 0.25) is 0 Å². The van der Waals surface area contributed by atoms with Crippen molar-refractivity contribution in [3.05, 3.63) is 47.6 Å². The second-order valence-corrected chi connectivity index (χ2v) is 4.55. The van der Waals surface area contributed by atoms with Crippen molar-refractivity contribution < 1.29 is 19.0 Å². The predicted molar refractivity (Wildman–Crippen MR) is 76.2 cm³/mol. The molecule has 0 bridgehead atoms. The second kappa shape index (κ2) is 5.78. The van der Waals surface area contributed by atoms with Gasteiger partial charge in [-0.05, 0) is 32.0 Å². The zero-order valence-electron chi connectivity index (χ0n) is 11.9. The molecule has 1 N–H and O–H groups in total. The summed E-state index contributed by atoms with van der Waals surface area (Å²) in [5.74, 6) is -1.65. The smallest absolute Gasteiger partial charge is 0.334 e. The molecule has 0 radical (unpaired) electrons.